The molecule has 0 atom stereocenters. The molecule has 5 N–H and O–H groups in total. The third-order valence-electron chi connectivity index (χ3n) is 2.34. The first-order chi connectivity index (χ1) is 7.82. The first kappa shape index (κ1) is 13.3. The predicted molar refractivity (Wildman–Crippen MR) is 72.9 cm³/mol. The molecular formula is C11H16ClN5. The summed E-state index contributed by atoms with van der Waals surface area (Å²) < 4.78 is 0. The molecule has 0 spiro atoms. The molecule has 1 rings (SSSR count). The number of nitrogens with zero attached hydrogens (tertiary/aromatic N) is 2. The van der Waals surface area contributed by atoms with Gasteiger partial charge >= 0.3 is 0 Å². The molecule has 0 aromatic heterocycles. The van der Waals surface area contributed by atoms with E-state index in [1.807, 2.05) is 26.0 Å². The standard InChI is InChI=1S/C11H16ClN5/c1-6-4-8(12)5-7(2)9(6)17(3)11(15)16-10(13)14/h4-5H,1-3H3,(H5,13,14,15,16). The monoisotopic (exact) mass is 253 g/mol. The van der Waals surface area contributed by atoms with Crippen LogP contribution in [0, 0.1) is 19.3 Å². The lowest BCUT2D eigenvalue weighted by molar-refractivity contribution is 1.15. The zero-order chi connectivity index (χ0) is 13.2. The second-order valence-corrected chi connectivity index (χ2v) is 4.24. The van der Waals surface area contributed by atoms with Crippen molar-refractivity contribution in [3.05, 3.63) is 28.3 Å². The molecule has 5 nitrogen and oxygen atoms in total. The lowest BCUT2D eigenvalue weighted by atomic mass is 10.1. The molecule has 0 amide bonds. The average Bonchev–Trinajstić information content (AvgIpc) is 2.14. The number of nitrogens with one attached hydrogen (secondary N) is 1. The first-order valence-electron chi connectivity index (χ1n) is 5.01. The highest BCUT2D eigenvalue weighted by atomic mass is 35.5. The third-order valence-corrected chi connectivity index (χ3v) is 2.56. The lowest BCUT2D eigenvalue weighted by Crippen LogP contribution is -2.31. The topological polar surface area (TPSA) is 91.5 Å². The van der Waals surface area contributed by atoms with E-state index in [0.717, 1.165) is 16.8 Å². The molecule has 0 saturated heterocycles. The molecule has 0 fully saturated rings. The van der Waals surface area contributed by atoms with E-state index in [1.165, 1.54) is 0 Å². The number of aryl methyl sites for hydroxylation is 2. The number of anilines is 1. The molecular weight excluding hydrogens is 238 g/mol. The Balaban J connectivity index is 3.17. The predicted octanol–water partition coefficient (Wildman–Crippen LogP) is 1.60. The second kappa shape index (κ2) is 5.05. The zero-order valence-corrected chi connectivity index (χ0v) is 10.8. The van der Waals surface area contributed by atoms with Crippen molar-refractivity contribution in [2.24, 2.45) is 16.5 Å². The van der Waals surface area contributed by atoms with Crippen LogP contribution in [-0.2, 0) is 0 Å². The van der Waals surface area contributed by atoms with Crippen molar-refractivity contribution in [2.45, 2.75) is 13.8 Å². The minimum atomic E-state index is -0.133. The van der Waals surface area contributed by atoms with Crippen LogP contribution in [0.2, 0.25) is 5.02 Å². The molecule has 0 heterocycles. The van der Waals surface area contributed by atoms with Gasteiger partial charge < -0.3 is 16.4 Å². The van der Waals surface area contributed by atoms with Crippen LogP contribution in [0.4, 0.5) is 5.69 Å². The maximum absolute atomic E-state index is 7.75. The largest absolute Gasteiger partial charge is 0.370 e. The fourth-order valence-electron chi connectivity index (χ4n) is 1.74. The van der Waals surface area contributed by atoms with Crippen LogP contribution in [0.3, 0.4) is 0 Å². The van der Waals surface area contributed by atoms with Crippen LogP contribution in [0.15, 0.2) is 17.1 Å². The van der Waals surface area contributed by atoms with E-state index in [1.54, 1.807) is 11.9 Å². The number of hydrogen-bond donors (Lipinski definition) is 3. The Morgan fingerprint density at radius 1 is 1.29 bits per heavy atom. The van der Waals surface area contributed by atoms with Crippen molar-refractivity contribution in [1.29, 1.82) is 5.41 Å². The molecule has 0 bridgehead atoms. The summed E-state index contributed by atoms with van der Waals surface area (Å²) in [6, 6.07) is 3.67. The summed E-state index contributed by atoms with van der Waals surface area (Å²) >= 11 is 5.95. The minimum Gasteiger partial charge on any atom is -0.370 e. The second-order valence-electron chi connectivity index (χ2n) is 3.81. The van der Waals surface area contributed by atoms with Gasteiger partial charge in [-0.25, -0.2) is 0 Å². The quantitative estimate of drug-likeness (QED) is 0.524. The smallest absolute Gasteiger partial charge is 0.225 e. The molecule has 0 aliphatic carbocycles. The summed E-state index contributed by atoms with van der Waals surface area (Å²) in [5, 5.41) is 8.43. The number of rotatable bonds is 1. The molecule has 6 heteroatoms. The molecule has 0 radical (unpaired) electrons. The van der Waals surface area contributed by atoms with Gasteiger partial charge in [0.25, 0.3) is 0 Å². The van der Waals surface area contributed by atoms with Gasteiger partial charge in [0, 0.05) is 17.8 Å². The van der Waals surface area contributed by atoms with E-state index in [2.05, 4.69) is 4.99 Å². The van der Waals surface area contributed by atoms with Crippen LogP contribution < -0.4 is 16.4 Å². The summed E-state index contributed by atoms with van der Waals surface area (Å²) in [4.78, 5) is 5.32. The highest BCUT2D eigenvalue weighted by Gasteiger charge is 2.12. The Kier molecular flexibility index (Phi) is 3.96. The molecule has 17 heavy (non-hydrogen) atoms. The number of hydrogen-bond acceptors (Lipinski definition) is 1. The molecule has 0 aliphatic rings. The minimum absolute atomic E-state index is 0.0153. The van der Waals surface area contributed by atoms with Gasteiger partial charge in [-0.1, -0.05) is 11.6 Å². The molecule has 0 saturated carbocycles. The molecule has 0 aliphatic heterocycles. The number of nitrogens with two attached hydrogens (primary N) is 2. The number of halogens is 1. The third kappa shape index (κ3) is 3.10. The van der Waals surface area contributed by atoms with Gasteiger partial charge in [0.1, 0.15) is 0 Å². The Morgan fingerprint density at radius 2 is 1.76 bits per heavy atom. The summed E-state index contributed by atoms with van der Waals surface area (Å²) in [6.45, 7) is 3.85. The normalized spacial score (nSPS) is 9.88. The first-order valence-corrected chi connectivity index (χ1v) is 5.39. The fraction of sp³-hybridized carbons (Fsp3) is 0.273. The highest BCUT2D eigenvalue weighted by molar-refractivity contribution is 6.30. The zero-order valence-electron chi connectivity index (χ0n) is 10.1. The van der Waals surface area contributed by atoms with Gasteiger partial charge in [0.2, 0.25) is 5.96 Å². The number of aliphatic imine (C=N–C) groups is 1. The Bertz CT molecular complexity index is 454. The van der Waals surface area contributed by atoms with Gasteiger partial charge in [-0.15, -0.1) is 0 Å². The van der Waals surface area contributed by atoms with Gasteiger partial charge in [-0.2, -0.15) is 4.99 Å². The maximum atomic E-state index is 7.75. The van der Waals surface area contributed by atoms with Gasteiger partial charge in [0.15, 0.2) is 5.96 Å². The van der Waals surface area contributed by atoms with Crippen LogP contribution in [0.1, 0.15) is 11.1 Å². The van der Waals surface area contributed by atoms with E-state index >= 15 is 0 Å². The number of guanidine groups is 2. The van der Waals surface area contributed by atoms with Gasteiger partial charge in [-0.3, -0.25) is 5.41 Å². The van der Waals surface area contributed by atoms with Crippen LogP contribution in [0.25, 0.3) is 0 Å². The summed E-state index contributed by atoms with van der Waals surface area (Å²) in [7, 11) is 1.73. The van der Waals surface area contributed by atoms with E-state index in [4.69, 9.17) is 28.5 Å². The summed E-state index contributed by atoms with van der Waals surface area (Å²) in [5.41, 5.74) is 13.3. The lowest BCUT2D eigenvalue weighted by Gasteiger charge is -2.22. The van der Waals surface area contributed by atoms with E-state index in [-0.39, 0.29) is 11.9 Å². The van der Waals surface area contributed by atoms with Crippen molar-refractivity contribution in [3.8, 4) is 0 Å². The van der Waals surface area contributed by atoms with Crippen molar-refractivity contribution in [3.63, 3.8) is 0 Å². The van der Waals surface area contributed by atoms with Gasteiger partial charge in [0.05, 0.1) is 0 Å². The fourth-order valence-corrected chi connectivity index (χ4v) is 2.06. The van der Waals surface area contributed by atoms with Crippen molar-refractivity contribution < 1.29 is 0 Å². The highest BCUT2D eigenvalue weighted by Crippen LogP contribution is 2.27. The average molecular weight is 254 g/mol. The Morgan fingerprint density at radius 3 is 2.18 bits per heavy atom. The SMILES string of the molecule is Cc1cc(Cl)cc(C)c1N(C)C(=N)N=C(N)N. The molecule has 1 aromatic rings. The van der Waals surface area contributed by atoms with Crippen molar-refractivity contribution in [2.75, 3.05) is 11.9 Å². The Labute approximate surface area is 106 Å². The van der Waals surface area contributed by atoms with Crippen LogP contribution in [0.5, 0.6) is 0 Å². The maximum Gasteiger partial charge on any atom is 0.225 e. The van der Waals surface area contributed by atoms with Gasteiger partial charge in [-0.05, 0) is 37.1 Å². The van der Waals surface area contributed by atoms with E-state index in [9.17, 15) is 0 Å². The summed E-state index contributed by atoms with van der Waals surface area (Å²) in [6.07, 6.45) is 0. The molecule has 1 aromatic carbocycles. The molecule has 0 unspecified atom stereocenters. The van der Waals surface area contributed by atoms with E-state index in [0.29, 0.717) is 5.02 Å². The van der Waals surface area contributed by atoms with Crippen molar-refractivity contribution in [1.82, 2.24) is 0 Å². The van der Waals surface area contributed by atoms with Crippen LogP contribution in [-0.4, -0.2) is 19.0 Å². The number of benzene rings is 1. The van der Waals surface area contributed by atoms with E-state index < -0.39 is 0 Å². The van der Waals surface area contributed by atoms with Crippen molar-refractivity contribution >= 4 is 29.2 Å². The Hall–Kier alpha value is -1.75. The van der Waals surface area contributed by atoms with Crippen LogP contribution >= 0.6 is 11.6 Å². The molecule has 92 valence electrons. The summed E-state index contributed by atoms with van der Waals surface area (Å²) in [5.74, 6) is -0.148.